The Morgan fingerprint density at radius 2 is 2.00 bits per heavy atom. The standard InChI is InChI=1S/C13H22N2O2/c1-15(2)8-10-17-9-7-14-11-12-5-3-4-6-13(12)16/h3-6,14,16H,7-11H2,1-2H3. The van der Waals surface area contributed by atoms with E-state index in [0.29, 0.717) is 18.9 Å². The number of ether oxygens (including phenoxy) is 1. The number of para-hydroxylation sites is 1. The van der Waals surface area contributed by atoms with Gasteiger partial charge in [-0.3, -0.25) is 0 Å². The van der Waals surface area contributed by atoms with Gasteiger partial charge in [0, 0.05) is 25.2 Å². The summed E-state index contributed by atoms with van der Waals surface area (Å²) >= 11 is 0. The third kappa shape index (κ3) is 6.26. The molecule has 4 nitrogen and oxygen atoms in total. The summed E-state index contributed by atoms with van der Waals surface area (Å²) in [7, 11) is 4.06. The van der Waals surface area contributed by atoms with Crippen LogP contribution in [-0.2, 0) is 11.3 Å². The largest absolute Gasteiger partial charge is 0.508 e. The maximum Gasteiger partial charge on any atom is 0.120 e. The Bertz CT molecular complexity index is 316. The van der Waals surface area contributed by atoms with Crippen LogP contribution < -0.4 is 5.32 Å². The molecule has 0 spiro atoms. The van der Waals surface area contributed by atoms with Crippen molar-refractivity contribution in [2.24, 2.45) is 0 Å². The van der Waals surface area contributed by atoms with Gasteiger partial charge in [0.05, 0.1) is 13.2 Å². The SMILES string of the molecule is CN(C)CCOCCNCc1ccccc1O. The van der Waals surface area contributed by atoms with Gasteiger partial charge in [-0.25, -0.2) is 0 Å². The fourth-order valence-corrected chi connectivity index (χ4v) is 1.38. The second kappa shape index (κ2) is 8.06. The average Bonchev–Trinajstić information content (AvgIpc) is 2.30. The average molecular weight is 238 g/mol. The number of rotatable bonds is 8. The molecule has 0 heterocycles. The fraction of sp³-hybridized carbons (Fsp3) is 0.538. The molecule has 17 heavy (non-hydrogen) atoms. The van der Waals surface area contributed by atoms with E-state index in [1.807, 2.05) is 32.3 Å². The Labute approximate surface area is 103 Å². The molecular weight excluding hydrogens is 216 g/mol. The molecule has 0 atom stereocenters. The first-order valence-corrected chi connectivity index (χ1v) is 5.90. The molecule has 0 aliphatic carbocycles. The molecule has 96 valence electrons. The van der Waals surface area contributed by atoms with E-state index in [2.05, 4.69) is 10.2 Å². The van der Waals surface area contributed by atoms with Crippen LogP contribution in [0.5, 0.6) is 5.75 Å². The van der Waals surface area contributed by atoms with Crippen molar-refractivity contribution < 1.29 is 9.84 Å². The number of hydrogen-bond donors (Lipinski definition) is 2. The first kappa shape index (κ1) is 14.0. The van der Waals surface area contributed by atoms with Gasteiger partial charge >= 0.3 is 0 Å². The molecule has 0 saturated heterocycles. The highest BCUT2D eigenvalue weighted by molar-refractivity contribution is 5.31. The lowest BCUT2D eigenvalue weighted by Crippen LogP contribution is -2.23. The lowest BCUT2D eigenvalue weighted by Gasteiger charge is -2.10. The van der Waals surface area contributed by atoms with Crippen molar-refractivity contribution >= 4 is 0 Å². The predicted octanol–water partition coefficient (Wildman–Crippen LogP) is 1.06. The van der Waals surface area contributed by atoms with E-state index in [1.54, 1.807) is 6.07 Å². The van der Waals surface area contributed by atoms with Crippen molar-refractivity contribution in [3.8, 4) is 5.75 Å². The summed E-state index contributed by atoms with van der Waals surface area (Å²) in [5.41, 5.74) is 0.917. The number of benzene rings is 1. The van der Waals surface area contributed by atoms with Crippen LogP contribution in [-0.4, -0.2) is 50.4 Å². The quantitative estimate of drug-likeness (QED) is 0.665. The second-order valence-corrected chi connectivity index (χ2v) is 4.22. The molecule has 1 rings (SSSR count). The zero-order valence-electron chi connectivity index (χ0n) is 10.6. The van der Waals surface area contributed by atoms with Gasteiger partial charge in [-0.2, -0.15) is 0 Å². The van der Waals surface area contributed by atoms with Crippen molar-refractivity contribution in [2.45, 2.75) is 6.54 Å². The topological polar surface area (TPSA) is 44.7 Å². The Hall–Kier alpha value is -1.10. The number of nitrogens with zero attached hydrogens (tertiary/aromatic N) is 1. The Kier molecular flexibility index (Phi) is 6.62. The molecule has 4 heteroatoms. The highest BCUT2D eigenvalue weighted by Gasteiger charge is 1.98. The third-order valence-corrected chi connectivity index (χ3v) is 2.41. The van der Waals surface area contributed by atoms with Gasteiger partial charge in [0.1, 0.15) is 5.75 Å². The highest BCUT2D eigenvalue weighted by atomic mass is 16.5. The van der Waals surface area contributed by atoms with Gasteiger partial charge < -0.3 is 20.1 Å². The monoisotopic (exact) mass is 238 g/mol. The first-order valence-electron chi connectivity index (χ1n) is 5.90. The summed E-state index contributed by atoms with van der Waals surface area (Å²) in [5.74, 6) is 0.341. The number of nitrogens with one attached hydrogen (secondary N) is 1. The molecule has 2 N–H and O–H groups in total. The second-order valence-electron chi connectivity index (χ2n) is 4.22. The minimum absolute atomic E-state index is 0.341. The van der Waals surface area contributed by atoms with E-state index in [9.17, 15) is 5.11 Å². The Morgan fingerprint density at radius 3 is 2.71 bits per heavy atom. The smallest absolute Gasteiger partial charge is 0.120 e. The van der Waals surface area contributed by atoms with Crippen LogP contribution in [0.2, 0.25) is 0 Å². The minimum atomic E-state index is 0.341. The number of phenolic OH excluding ortho intramolecular Hbond substituents is 1. The van der Waals surface area contributed by atoms with Crippen LogP contribution in [0, 0.1) is 0 Å². The van der Waals surface area contributed by atoms with Crippen molar-refractivity contribution in [3.05, 3.63) is 29.8 Å². The fourth-order valence-electron chi connectivity index (χ4n) is 1.38. The van der Waals surface area contributed by atoms with Crippen LogP contribution in [0.4, 0.5) is 0 Å². The number of hydrogen-bond acceptors (Lipinski definition) is 4. The van der Waals surface area contributed by atoms with E-state index in [-0.39, 0.29) is 0 Å². The van der Waals surface area contributed by atoms with E-state index in [0.717, 1.165) is 25.3 Å². The molecule has 1 aromatic rings. The van der Waals surface area contributed by atoms with Crippen LogP contribution in [0.3, 0.4) is 0 Å². The number of likely N-dealkylation sites (N-methyl/N-ethyl adjacent to an activating group) is 1. The molecule has 0 fully saturated rings. The molecule has 0 unspecified atom stereocenters. The number of phenols is 1. The predicted molar refractivity (Wildman–Crippen MR) is 69.2 cm³/mol. The highest BCUT2D eigenvalue weighted by Crippen LogP contribution is 2.14. The van der Waals surface area contributed by atoms with E-state index in [1.165, 1.54) is 0 Å². The summed E-state index contributed by atoms with van der Waals surface area (Å²) in [6.45, 7) is 3.86. The van der Waals surface area contributed by atoms with Crippen LogP contribution in [0.25, 0.3) is 0 Å². The maximum atomic E-state index is 9.54. The van der Waals surface area contributed by atoms with E-state index >= 15 is 0 Å². The summed E-state index contributed by atoms with van der Waals surface area (Å²) < 4.78 is 5.45. The number of aromatic hydroxyl groups is 1. The van der Waals surface area contributed by atoms with Gasteiger partial charge in [-0.05, 0) is 20.2 Å². The molecule has 0 radical (unpaired) electrons. The minimum Gasteiger partial charge on any atom is -0.508 e. The van der Waals surface area contributed by atoms with E-state index in [4.69, 9.17) is 4.74 Å². The van der Waals surface area contributed by atoms with Crippen molar-refractivity contribution in [2.75, 3.05) is 40.4 Å². The lowest BCUT2D eigenvalue weighted by atomic mass is 10.2. The first-order chi connectivity index (χ1) is 8.20. The third-order valence-electron chi connectivity index (χ3n) is 2.41. The van der Waals surface area contributed by atoms with Crippen LogP contribution in [0.1, 0.15) is 5.56 Å². The van der Waals surface area contributed by atoms with Gasteiger partial charge in [-0.1, -0.05) is 18.2 Å². The normalized spacial score (nSPS) is 11.0. The van der Waals surface area contributed by atoms with Gasteiger partial charge in [-0.15, -0.1) is 0 Å². The van der Waals surface area contributed by atoms with Crippen molar-refractivity contribution in [1.29, 1.82) is 0 Å². The van der Waals surface area contributed by atoms with Crippen LogP contribution in [0.15, 0.2) is 24.3 Å². The lowest BCUT2D eigenvalue weighted by molar-refractivity contribution is 0.119. The van der Waals surface area contributed by atoms with Gasteiger partial charge in [0.2, 0.25) is 0 Å². The Morgan fingerprint density at radius 1 is 1.24 bits per heavy atom. The maximum absolute atomic E-state index is 9.54. The molecule has 0 aromatic heterocycles. The van der Waals surface area contributed by atoms with Crippen molar-refractivity contribution in [1.82, 2.24) is 10.2 Å². The molecular formula is C13H22N2O2. The van der Waals surface area contributed by atoms with Crippen LogP contribution >= 0.6 is 0 Å². The summed E-state index contributed by atoms with van der Waals surface area (Å²) in [6, 6.07) is 7.35. The molecule has 0 aliphatic heterocycles. The molecule has 0 bridgehead atoms. The molecule has 0 amide bonds. The molecule has 0 aliphatic rings. The van der Waals surface area contributed by atoms with Gasteiger partial charge in [0.15, 0.2) is 0 Å². The Balaban J connectivity index is 2.03. The molecule has 0 saturated carbocycles. The summed E-state index contributed by atoms with van der Waals surface area (Å²) in [4.78, 5) is 2.09. The zero-order chi connectivity index (χ0) is 12.5. The zero-order valence-corrected chi connectivity index (χ0v) is 10.6. The molecule has 1 aromatic carbocycles. The van der Waals surface area contributed by atoms with Crippen molar-refractivity contribution in [3.63, 3.8) is 0 Å². The van der Waals surface area contributed by atoms with Gasteiger partial charge in [0.25, 0.3) is 0 Å². The summed E-state index contributed by atoms with van der Waals surface area (Å²) in [6.07, 6.45) is 0. The van der Waals surface area contributed by atoms with E-state index < -0.39 is 0 Å². The summed E-state index contributed by atoms with van der Waals surface area (Å²) in [5, 5.41) is 12.8.